The number of imidazole rings is 1. The summed E-state index contributed by atoms with van der Waals surface area (Å²) in [5.41, 5.74) is 1.36. The van der Waals surface area contributed by atoms with Crippen molar-refractivity contribution in [2.24, 2.45) is 5.92 Å². The van der Waals surface area contributed by atoms with Crippen LogP contribution in [-0.4, -0.2) is 61.7 Å². The fraction of sp³-hybridized carbons (Fsp3) is 0.389. The SMILES string of the molecule is CN1CC2CC1[C@H](F)[C@@H]2Oc1nnc(-c2ccc(-n3ccnc3)cc2O)s1. The fourth-order valence-corrected chi connectivity index (χ4v) is 4.85. The number of hydrogen-bond donors (Lipinski definition) is 1. The van der Waals surface area contributed by atoms with E-state index in [1.54, 1.807) is 35.4 Å². The number of rotatable bonds is 4. The number of aromatic nitrogens is 4. The van der Waals surface area contributed by atoms with Crippen LogP contribution in [0.25, 0.3) is 16.3 Å². The summed E-state index contributed by atoms with van der Waals surface area (Å²) in [5, 5.41) is 19.4. The summed E-state index contributed by atoms with van der Waals surface area (Å²) in [6.45, 7) is 0.845. The molecule has 4 atom stereocenters. The van der Waals surface area contributed by atoms with Gasteiger partial charge in [0.25, 0.3) is 5.19 Å². The Hall–Kier alpha value is -2.52. The highest BCUT2D eigenvalue weighted by molar-refractivity contribution is 7.16. The van der Waals surface area contributed by atoms with Gasteiger partial charge in [0.05, 0.1) is 17.6 Å². The third-order valence-electron chi connectivity index (χ3n) is 5.44. The van der Waals surface area contributed by atoms with Gasteiger partial charge in [-0.05, 0) is 25.6 Å². The van der Waals surface area contributed by atoms with Gasteiger partial charge < -0.3 is 14.4 Å². The lowest BCUT2D eigenvalue weighted by Gasteiger charge is -2.31. The number of nitrogens with zero attached hydrogens (tertiary/aromatic N) is 5. The van der Waals surface area contributed by atoms with E-state index in [0.29, 0.717) is 15.8 Å². The Morgan fingerprint density at radius 3 is 2.93 bits per heavy atom. The number of piperidine rings is 1. The molecule has 2 aromatic heterocycles. The Balaban J connectivity index is 1.35. The number of phenolic OH excluding ortho intramolecular Hbond substituents is 1. The third-order valence-corrected chi connectivity index (χ3v) is 6.28. The maximum Gasteiger partial charge on any atom is 0.294 e. The van der Waals surface area contributed by atoms with Crippen molar-refractivity contribution in [2.45, 2.75) is 24.7 Å². The van der Waals surface area contributed by atoms with Gasteiger partial charge in [-0.3, -0.25) is 4.90 Å². The summed E-state index contributed by atoms with van der Waals surface area (Å²) in [4.78, 5) is 6.05. The number of likely N-dealkylation sites (tertiary alicyclic amines) is 1. The van der Waals surface area contributed by atoms with Crippen molar-refractivity contribution in [2.75, 3.05) is 13.6 Å². The molecule has 9 heteroatoms. The Kier molecular flexibility index (Phi) is 3.87. The van der Waals surface area contributed by atoms with Crippen LogP contribution < -0.4 is 4.74 Å². The monoisotopic (exact) mass is 387 g/mol. The first-order valence-corrected chi connectivity index (χ1v) is 9.58. The number of aromatic hydroxyl groups is 1. The van der Waals surface area contributed by atoms with Crippen LogP contribution in [-0.2, 0) is 0 Å². The molecular weight excluding hydrogens is 369 g/mol. The van der Waals surface area contributed by atoms with Crippen molar-refractivity contribution in [1.29, 1.82) is 0 Å². The summed E-state index contributed by atoms with van der Waals surface area (Å²) in [6, 6.07) is 5.22. The molecule has 2 unspecified atom stereocenters. The van der Waals surface area contributed by atoms with Gasteiger partial charge in [0.15, 0.2) is 11.2 Å². The van der Waals surface area contributed by atoms with Crippen molar-refractivity contribution >= 4 is 11.3 Å². The van der Waals surface area contributed by atoms with E-state index in [-0.39, 0.29) is 17.7 Å². The van der Waals surface area contributed by atoms with Crippen LogP contribution in [0.2, 0.25) is 0 Å². The topological polar surface area (TPSA) is 76.3 Å². The predicted molar refractivity (Wildman–Crippen MR) is 98.0 cm³/mol. The van der Waals surface area contributed by atoms with Gasteiger partial charge in [-0.2, -0.15) is 0 Å². The lowest BCUT2D eigenvalue weighted by atomic mass is 10.1. The number of hydrogen-bond acceptors (Lipinski definition) is 7. The molecule has 0 spiro atoms. The fourth-order valence-electron chi connectivity index (χ4n) is 4.08. The average molecular weight is 387 g/mol. The molecule has 1 aliphatic heterocycles. The molecule has 27 heavy (non-hydrogen) atoms. The van der Waals surface area contributed by atoms with E-state index in [9.17, 15) is 9.50 Å². The molecule has 140 valence electrons. The highest BCUT2D eigenvalue weighted by Crippen LogP contribution is 2.42. The third kappa shape index (κ3) is 2.78. The normalized spacial score (nSPS) is 27.3. The number of phenols is 1. The first-order chi connectivity index (χ1) is 13.1. The summed E-state index contributed by atoms with van der Waals surface area (Å²) in [5.74, 6) is 0.277. The van der Waals surface area contributed by atoms with E-state index in [1.165, 1.54) is 11.3 Å². The van der Waals surface area contributed by atoms with Gasteiger partial charge in [-0.1, -0.05) is 16.4 Å². The molecule has 7 nitrogen and oxygen atoms in total. The molecule has 2 bridgehead atoms. The minimum absolute atomic E-state index is 0.0628. The maximum atomic E-state index is 14.5. The van der Waals surface area contributed by atoms with Crippen LogP contribution in [0.3, 0.4) is 0 Å². The van der Waals surface area contributed by atoms with Crippen LogP contribution >= 0.6 is 11.3 Å². The van der Waals surface area contributed by atoms with Gasteiger partial charge in [0, 0.05) is 37.0 Å². The molecule has 1 saturated carbocycles. The second kappa shape index (κ2) is 6.28. The van der Waals surface area contributed by atoms with E-state index in [0.717, 1.165) is 18.7 Å². The van der Waals surface area contributed by atoms with Crippen LogP contribution in [0.1, 0.15) is 6.42 Å². The van der Waals surface area contributed by atoms with Crippen molar-refractivity contribution in [1.82, 2.24) is 24.6 Å². The van der Waals surface area contributed by atoms with Crippen LogP contribution in [0.5, 0.6) is 10.9 Å². The number of benzene rings is 1. The zero-order valence-corrected chi connectivity index (χ0v) is 15.4. The molecule has 0 amide bonds. The van der Waals surface area contributed by atoms with Crippen LogP contribution in [0.15, 0.2) is 36.9 Å². The van der Waals surface area contributed by atoms with Gasteiger partial charge in [-0.15, -0.1) is 5.10 Å². The molecule has 3 heterocycles. The highest BCUT2D eigenvalue weighted by Gasteiger charge is 2.53. The smallest absolute Gasteiger partial charge is 0.294 e. The molecule has 0 radical (unpaired) electrons. The highest BCUT2D eigenvalue weighted by atomic mass is 32.1. The Labute approximate surface area is 159 Å². The zero-order valence-electron chi connectivity index (χ0n) is 14.6. The summed E-state index contributed by atoms with van der Waals surface area (Å²) in [7, 11) is 1.95. The van der Waals surface area contributed by atoms with E-state index < -0.39 is 12.3 Å². The van der Waals surface area contributed by atoms with Gasteiger partial charge >= 0.3 is 0 Å². The molecule has 2 aliphatic rings. The van der Waals surface area contributed by atoms with Crippen molar-refractivity contribution in [3.63, 3.8) is 0 Å². The quantitative estimate of drug-likeness (QED) is 0.741. The van der Waals surface area contributed by atoms with Crippen LogP contribution in [0.4, 0.5) is 4.39 Å². The summed E-state index contributed by atoms with van der Waals surface area (Å²) >= 11 is 1.22. The predicted octanol–water partition coefficient (Wildman–Crippen LogP) is 2.52. The first kappa shape index (κ1) is 16.6. The van der Waals surface area contributed by atoms with Crippen molar-refractivity contribution < 1.29 is 14.2 Å². The minimum Gasteiger partial charge on any atom is -0.507 e. The largest absolute Gasteiger partial charge is 0.507 e. The Morgan fingerprint density at radius 1 is 1.33 bits per heavy atom. The molecule has 2 fully saturated rings. The summed E-state index contributed by atoms with van der Waals surface area (Å²) in [6.07, 6.45) is 4.47. The van der Waals surface area contributed by atoms with E-state index in [2.05, 4.69) is 20.1 Å². The molecule has 1 saturated heterocycles. The molecule has 1 N–H and O–H groups in total. The first-order valence-electron chi connectivity index (χ1n) is 8.76. The number of halogens is 1. The van der Waals surface area contributed by atoms with Crippen molar-refractivity contribution in [3.8, 4) is 27.2 Å². The number of alkyl halides is 1. The Bertz CT molecular complexity index is 961. The molecule has 1 aliphatic carbocycles. The van der Waals surface area contributed by atoms with E-state index in [4.69, 9.17) is 4.74 Å². The van der Waals surface area contributed by atoms with Crippen LogP contribution in [0, 0.1) is 5.92 Å². The lowest BCUT2D eigenvalue weighted by Crippen LogP contribution is -2.46. The van der Waals surface area contributed by atoms with E-state index >= 15 is 0 Å². The second-order valence-corrected chi connectivity index (χ2v) is 8.01. The lowest BCUT2D eigenvalue weighted by molar-refractivity contribution is 0.0246. The zero-order chi connectivity index (χ0) is 18.5. The molecule has 5 rings (SSSR count). The molecule has 3 aromatic rings. The second-order valence-electron chi connectivity index (χ2n) is 7.07. The van der Waals surface area contributed by atoms with Gasteiger partial charge in [-0.25, -0.2) is 9.37 Å². The molecule has 1 aromatic carbocycles. The van der Waals surface area contributed by atoms with E-state index in [1.807, 2.05) is 13.1 Å². The van der Waals surface area contributed by atoms with Gasteiger partial charge in [0.1, 0.15) is 11.9 Å². The molecular formula is C18H18FN5O2S. The van der Waals surface area contributed by atoms with Gasteiger partial charge in [0.2, 0.25) is 0 Å². The number of ether oxygens (including phenoxy) is 1. The summed E-state index contributed by atoms with van der Waals surface area (Å²) < 4.78 is 22.2. The maximum absolute atomic E-state index is 14.5. The Morgan fingerprint density at radius 2 is 2.22 bits per heavy atom. The standard InChI is InChI=1S/C18H18FN5O2S/c1-23-8-10-6-13(23)15(19)16(10)26-18-22-21-17(27-18)12-3-2-11(7-14(12)25)24-5-4-20-9-24/h2-5,7,9-10,13,15-16,25H,6,8H2,1H3/t10?,13?,15-,16+/m0/s1. The number of fused-ring (bicyclic) bond motifs is 2. The van der Waals surface area contributed by atoms with Crippen molar-refractivity contribution in [3.05, 3.63) is 36.9 Å². The average Bonchev–Trinajstić information content (AvgIpc) is 3.42. The minimum atomic E-state index is -1.01.